The van der Waals surface area contributed by atoms with Crippen molar-refractivity contribution in [1.29, 1.82) is 0 Å². The number of aromatic hydroxyl groups is 1. The number of methoxy groups -OCH3 is 2. The van der Waals surface area contributed by atoms with Crippen molar-refractivity contribution in [3.8, 4) is 57.0 Å². The normalized spacial score (nSPS) is 11.2. The van der Waals surface area contributed by atoms with E-state index in [1.165, 1.54) is 87.3 Å². The van der Waals surface area contributed by atoms with Gasteiger partial charge >= 0.3 is 0 Å². The monoisotopic (exact) mass is 1710 g/mol. The Morgan fingerprint density at radius 2 is 0.874 bits per heavy atom. The van der Waals surface area contributed by atoms with Gasteiger partial charge < -0.3 is 28.8 Å². The third-order valence-corrected chi connectivity index (χ3v) is 18.4. The quantitative estimate of drug-likeness (QED) is 0.0471. The predicted molar refractivity (Wildman–Crippen MR) is 383 cm³/mol. The van der Waals surface area contributed by atoms with E-state index in [0.29, 0.717) is 80.8 Å². The van der Waals surface area contributed by atoms with Crippen LogP contribution in [0.1, 0.15) is 0 Å². The third-order valence-electron chi connectivity index (χ3n) is 14.0. The summed E-state index contributed by atoms with van der Waals surface area (Å²) in [5.41, 5.74) is 1.93. The molecule has 11 aromatic heterocycles. The summed E-state index contributed by atoms with van der Waals surface area (Å²) in [5, 5.41) is 14.4. The van der Waals surface area contributed by atoms with Crippen molar-refractivity contribution in [2.45, 2.75) is 16.3 Å². The van der Waals surface area contributed by atoms with Crippen LogP contribution in [0, 0.1) is 23.3 Å². The predicted octanol–water partition coefficient (Wildman–Crippen LogP) is 10.1. The van der Waals surface area contributed by atoms with Gasteiger partial charge in [0.2, 0.25) is 34.8 Å². The highest BCUT2D eigenvalue weighted by molar-refractivity contribution is 9.11. The zero-order chi connectivity index (χ0) is 73.7. The number of fused-ring (bicyclic) bond motifs is 4. The maximum Gasteiger partial charge on any atom is 0.300 e. The molecule has 103 heavy (non-hydrogen) atoms. The number of halogens is 8. The first-order valence-corrected chi connectivity index (χ1v) is 36.3. The summed E-state index contributed by atoms with van der Waals surface area (Å²) in [4.78, 5) is 72.3. The number of alkyl halides is 2. The van der Waals surface area contributed by atoms with Crippen molar-refractivity contribution in [2.24, 2.45) is 0 Å². The van der Waals surface area contributed by atoms with Crippen molar-refractivity contribution < 1.29 is 63.2 Å². The fourth-order valence-corrected chi connectivity index (χ4v) is 12.5. The lowest BCUT2D eigenvalue weighted by molar-refractivity contribution is 0.286. The van der Waals surface area contributed by atoms with Crippen LogP contribution in [0.2, 0.25) is 0 Å². The van der Waals surface area contributed by atoms with Gasteiger partial charge in [-0.3, -0.25) is 50.9 Å². The molecular formula is C65H50Br4F4N14O14S2. The SMILES string of the molecule is COc1ncc(-c2ccc3ncc(OCCBr)c(=O)n3c2)cc1NS(=O)(=O)c1ccc(F)cc1F.COc1ncc(-c2ccc3ncc(OCCn4cccn4)c(=O)n3c2)cc1NS(=O)(=O)c1ccc(F)cc1F.O=c1c(O)cnc2ccc(Br)cn12.O=c1c(OCCBr)cnc2ccc(Br)cn12. The van der Waals surface area contributed by atoms with Crippen LogP contribution >= 0.6 is 63.7 Å². The van der Waals surface area contributed by atoms with E-state index in [-0.39, 0.29) is 64.9 Å². The van der Waals surface area contributed by atoms with Crippen molar-refractivity contribution in [1.82, 2.24) is 57.3 Å². The molecule has 0 aliphatic carbocycles. The molecule has 0 aliphatic rings. The Balaban J connectivity index is 0.000000161. The fourth-order valence-electron chi connectivity index (χ4n) is 9.29. The van der Waals surface area contributed by atoms with Crippen LogP contribution in [0.4, 0.5) is 28.9 Å². The first-order valence-electron chi connectivity index (χ1n) is 29.5. The van der Waals surface area contributed by atoms with Crippen molar-refractivity contribution in [3.05, 3.63) is 251 Å². The van der Waals surface area contributed by atoms with Crippen molar-refractivity contribution >= 4 is 118 Å². The molecule has 0 radical (unpaired) electrons. The summed E-state index contributed by atoms with van der Waals surface area (Å²) in [6, 6.07) is 22.4. The van der Waals surface area contributed by atoms with E-state index in [1.807, 2.05) is 6.07 Å². The lowest BCUT2D eigenvalue weighted by Crippen LogP contribution is -2.19. The summed E-state index contributed by atoms with van der Waals surface area (Å²) in [6.45, 7) is 1.36. The van der Waals surface area contributed by atoms with Gasteiger partial charge in [-0.1, -0.05) is 31.9 Å². The van der Waals surface area contributed by atoms with Crippen molar-refractivity contribution in [3.63, 3.8) is 0 Å². The second-order valence-corrected chi connectivity index (χ2v) is 27.5. The first-order chi connectivity index (χ1) is 49.4. The molecule has 13 rings (SSSR count). The molecule has 0 bridgehead atoms. The van der Waals surface area contributed by atoms with Crippen LogP contribution in [0.3, 0.4) is 0 Å². The Bertz CT molecular complexity index is 5810. The highest BCUT2D eigenvalue weighted by atomic mass is 79.9. The molecule has 0 fully saturated rings. The maximum atomic E-state index is 14.2. The molecule has 0 spiro atoms. The molecule has 0 saturated carbocycles. The van der Waals surface area contributed by atoms with Crippen LogP contribution in [0.15, 0.2) is 215 Å². The summed E-state index contributed by atoms with van der Waals surface area (Å²) in [7, 11) is -6.34. The fraction of sp³-hybridized carbons (Fsp3) is 0.123. The standard InChI is InChI=1S/C25H20F2N6O5S.C22H17BrF2N4O5S.C10H8Br2N2O2.C8H5BrN2O2/c1-37-24-20(31-39(35,36)22-5-4-18(26)12-19(22)27)11-17(13-29-24)16-3-6-23-28-14-21(25(34)33(23)15-16)38-10-9-32-8-2-7-30-32;1-33-21-17(28-35(31,32)19-4-3-15(24)9-16(19)25)8-14(10-27-21)13-2-5-20-26-11-18(34-7-6-23)22(30)29(20)12-13;11-3-4-16-8-5-13-9-2-1-7(12)6-14(9)10(8)15;9-5-1-2-7-10-3-6(12)8(13)11(7)4-5/h2-8,11-15,31H,9-10H2,1H3;2-5,8-12,28H,6-7H2,1H3;1-2,5-6H,3-4H2;1-4,12H. The summed E-state index contributed by atoms with van der Waals surface area (Å²) in [6.07, 6.45) is 17.8. The van der Waals surface area contributed by atoms with Gasteiger partial charge in [0.25, 0.3) is 42.3 Å². The zero-order valence-corrected chi connectivity index (χ0v) is 60.9. The molecule has 0 atom stereocenters. The average Bonchev–Trinajstić information content (AvgIpc) is 1.53. The number of benzene rings is 2. The minimum Gasteiger partial charge on any atom is -0.502 e. The van der Waals surface area contributed by atoms with Crippen LogP contribution in [0.25, 0.3) is 44.8 Å². The second kappa shape index (κ2) is 33.4. The third kappa shape index (κ3) is 18.2. The minimum absolute atomic E-state index is 0.0411. The zero-order valence-electron chi connectivity index (χ0n) is 52.9. The van der Waals surface area contributed by atoms with Gasteiger partial charge in [0.1, 0.15) is 73.6 Å². The Labute approximate surface area is 612 Å². The van der Waals surface area contributed by atoms with Gasteiger partial charge in [-0.2, -0.15) is 5.10 Å². The Morgan fingerprint density at radius 3 is 1.27 bits per heavy atom. The number of anilines is 2. The molecule has 11 heterocycles. The van der Waals surface area contributed by atoms with E-state index in [1.54, 1.807) is 78.0 Å². The van der Waals surface area contributed by atoms with E-state index < -0.39 is 69.8 Å². The Morgan fingerprint density at radius 1 is 0.476 bits per heavy atom. The Kier molecular flexibility index (Phi) is 24.3. The lowest BCUT2D eigenvalue weighted by atomic mass is 10.1. The van der Waals surface area contributed by atoms with E-state index in [0.717, 1.165) is 39.4 Å². The molecule has 0 aliphatic heterocycles. The van der Waals surface area contributed by atoms with E-state index >= 15 is 0 Å². The number of ether oxygens (including phenoxy) is 5. The van der Waals surface area contributed by atoms with Gasteiger partial charge in [0.15, 0.2) is 0 Å². The maximum absolute atomic E-state index is 14.2. The van der Waals surface area contributed by atoms with Crippen LogP contribution < -0.4 is 55.4 Å². The largest absolute Gasteiger partial charge is 0.502 e. The number of hydrogen-bond donors (Lipinski definition) is 3. The van der Waals surface area contributed by atoms with Crippen LogP contribution in [-0.4, -0.2) is 124 Å². The Hall–Kier alpha value is -10.7. The second-order valence-electron chi connectivity index (χ2n) is 20.8. The molecule has 0 saturated heterocycles. The van der Waals surface area contributed by atoms with Crippen LogP contribution in [-0.2, 0) is 26.6 Å². The highest BCUT2D eigenvalue weighted by Gasteiger charge is 2.25. The number of nitrogens with zero attached hydrogens (tertiary/aromatic N) is 12. The summed E-state index contributed by atoms with van der Waals surface area (Å²) in [5.74, 6) is -4.48. The molecule has 532 valence electrons. The van der Waals surface area contributed by atoms with Gasteiger partial charge in [0.05, 0.1) is 58.8 Å². The van der Waals surface area contributed by atoms with Gasteiger partial charge in [0, 0.05) is 104 Å². The number of pyridine rings is 6. The molecule has 3 N–H and O–H groups in total. The van der Waals surface area contributed by atoms with E-state index in [2.05, 4.69) is 108 Å². The molecule has 13 aromatic rings. The number of hydrogen-bond acceptors (Lipinski definition) is 21. The molecule has 2 aromatic carbocycles. The number of rotatable bonds is 20. The van der Waals surface area contributed by atoms with E-state index in [9.17, 15) is 53.6 Å². The molecule has 28 nitrogen and oxygen atoms in total. The smallest absolute Gasteiger partial charge is 0.300 e. The number of nitrogens with one attached hydrogen (secondary N) is 2. The number of aromatic nitrogens is 12. The molecular weight excluding hydrogens is 1660 g/mol. The average molecular weight is 1710 g/mol. The molecule has 0 amide bonds. The first kappa shape index (κ1) is 75.0. The van der Waals surface area contributed by atoms with Crippen LogP contribution in [0.5, 0.6) is 34.8 Å². The van der Waals surface area contributed by atoms with Gasteiger partial charge in [-0.15, -0.1) is 0 Å². The molecule has 38 heteroatoms. The molecule has 0 unspecified atom stereocenters. The topological polar surface area (TPSA) is 340 Å². The van der Waals surface area contributed by atoms with Crippen molar-refractivity contribution in [2.75, 3.05) is 54.1 Å². The van der Waals surface area contributed by atoms with Gasteiger partial charge in [-0.05, 0) is 123 Å². The summed E-state index contributed by atoms with van der Waals surface area (Å²) >= 11 is 13.0. The lowest BCUT2D eigenvalue weighted by Gasteiger charge is -2.13. The summed E-state index contributed by atoms with van der Waals surface area (Å²) < 4.78 is 146. The van der Waals surface area contributed by atoms with Gasteiger partial charge in [-0.25, -0.2) is 64.3 Å². The minimum atomic E-state index is -4.46. The highest BCUT2D eigenvalue weighted by Crippen LogP contribution is 2.33. The number of sulfonamides is 2. The van der Waals surface area contributed by atoms with E-state index in [4.69, 9.17) is 28.8 Å².